The summed E-state index contributed by atoms with van der Waals surface area (Å²) in [5.41, 5.74) is 0.995. The third-order valence-corrected chi connectivity index (χ3v) is 3.98. The van der Waals surface area contributed by atoms with E-state index < -0.39 is 4.92 Å². The van der Waals surface area contributed by atoms with Gasteiger partial charge in [-0.25, -0.2) is 4.98 Å². The van der Waals surface area contributed by atoms with Crippen LogP contribution in [0.3, 0.4) is 0 Å². The Kier molecular flexibility index (Phi) is 7.36. The van der Waals surface area contributed by atoms with Gasteiger partial charge in [-0.05, 0) is 20.5 Å². The van der Waals surface area contributed by atoms with Crippen molar-refractivity contribution in [2.75, 3.05) is 20.1 Å². The lowest BCUT2D eigenvalue weighted by molar-refractivity contribution is -0.404. The number of thiazole rings is 1. The van der Waals surface area contributed by atoms with Gasteiger partial charge in [0.1, 0.15) is 5.01 Å². The topological polar surface area (TPSA) is 83.3 Å². The van der Waals surface area contributed by atoms with E-state index in [2.05, 4.69) is 33.4 Å². The fraction of sp³-hybridized carbons (Fsp3) is 0.500. The van der Waals surface area contributed by atoms with Crippen LogP contribution >= 0.6 is 11.3 Å². The van der Waals surface area contributed by atoms with Crippen molar-refractivity contribution in [3.05, 3.63) is 38.2 Å². The summed E-state index contributed by atoms with van der Waals surface area (Å²) in [6.07, 6.45) is 6.03. The number of hydrogen-bond donors (Lipinski definition) is 2. The van der Waals surface area contributed by atoms with Crippen molar-refractivity contribution in [2.45, 2.75) is 26.4 Å². The van der Waals surface area contributed by atoms with Crippen molar-refractivity contribution in [3.8, 4) is 12.3 Å². The highest BCUT2D eigenvalue weighted by Crippen LogP contribution is 2.19. The molecular formula is C14H21N5O2S. The second kappa shape index (κ2) is 9.02. The summed E-state index contributed by atoms with van der Waals surface area (Å²) < 4.78 is 0. The number of nitrogens with one attached hydrogen (secondary N) is 2. The zero-order chi connectivity index (χ0) is 16.5. The maximum absolute atomic E-state index is 10.6. The van der Waals surface area contributed by atoms with Crippen LogP contribution in [0.4, 0.5) is 0 Å². The van der Waals surface area contributed by atoms with Crippen LogP contribution in [-0.4, -0.2) is 34.9 Å². The van der Waals surface area contributed by atoms with Gasteiger partial charge in [-0.1, -0.05) is 12.8 Å². The maximum atomic E-state index is 10.6. The van der Waals surface area contributed by atoms with Gasteiger partial charge in [0.25, 0.3) is 6.20 Å². The number of nitrogens with zero attached hydrogens (tertiary/aromatic N) is 3. The molecule has 1 aromatic rings. The third kappa shape index (κ3) is 6.11. The molecule has 7 nitrogen and oxygen atoms in total. The van der Waals surface area contributed by atoms with Crippen molar-refractivity contribution < 1.29 is 4.92 Å². The maximum Gasteiger partial charge on any atom is 0.274 e. The average Bonchev–Trinajstić information content (AvgIpc) is 2.92. The third-order valence-electron chi connectivity index (χ3n) is 2.90. The first kappa shape index (κ1) is 17.9. The minimum absolute atomic E-state index is 0.151. The van der Waals surface area contributed by atoms with Gasteiger partial charge in [0.2, 0.25) is 0 Å². The second-order valence-corrected chi connectivity index (χ2v) is 5.65. The molecule has 0 bridgehead atoms. The lowest BCUT2D eigenvalue weighted by atomic mass is 10.3. The monoisotopic (exact) mass is 323 g/mol. The van der Waals surface area contributed by atoms with E-state index in [0.717, 1.165) is 30.0 Å². The summed E-state index contributed by atoms with van der Waals surface area (Å²) in [6.45, 7) is 5.93. The fourth-order valence-corrected chi connectivity index (χ4v) is 2.48. The van der Waals surface area contributed by atoms with E-state index in [1.165, 1.54) is 11.3 Å². The Morgan fingerprint density at radius 3 is 3.05 bits per heavy atom. The van der Waals surface area contributed by atoms with Gasteiger partial charge in [0.05, 0.1) is 23.2 Å². The van der Waals surface area contributed by atoms with Crippen molar-refractivity contribution >= 4 is 11.3 Å². The molecule has 0 spiro atoms. The molecule has 2 N–H and O–H groups in total. The van der Waals surface area contributed by atoms with Crippen molar-refractivity contribution in [3.63, 3.8) is 0 Å². The Balaban J connectivity index is 2.71. The van der Waals surface area contributed by atoms with Gasteiger partial charge in [-0.15, -0.1) is 17.8 Å². The predicted molar refractivity (Wildman–Crippen MR) is 87.6 cm³/mol. The molecule has 0 aromatic carbocycles. The summed E-state index contributed by atoms with van der Waals surface area (Å²) in [7, 11) is 2.03. The van der Waals surface area contributed by atoms with E-state index >= 15 is 0 Å². The minimum atomic E-state index is -0.526. The van der Waals surface area contributed by atoms with Gasteiger partial charge in [-0.2, -0.15) is 0 Å². The van der Waals surface area contributed by atoms with Gasteiger partial charge in [-0.3, -0.25) is 10.1 Å². The zero-order valence-electron chi connectivity index (χ0n) is 13.0. The Bertz CT molecular complexity index is 564. The molecule has 0 aliphatic heterocycles. The van der Waals surface area contributed by atoms with Crippen LogP contribution in [0.25, 0.3) is 0 Å². The molecule has 120 valence electrons. The molecule has 0 amide bonds. The fourth-order valence-electron chi connectivity index (χ4n) is 1.66. The first-order valence-electron chi connectivity index (χ1n) is 6.88. The van der Waals surface area contributed by atoms with E-state index in [9.17, 15) is 10.1 Å². The van der Waals surface area contributed by atoms with E-state index in [4.69, 9.17) is 6.42 Å². The summed E-state index contributed by atoms with van der Waals surface area (Å²) in [6, 6.07) is -0.151. The number of hydrogen-bond acceptors (Lipinski definition) is 7. The molecule has 1 unspecified atom stereocenters. The molecule has 0 saturated carbocycles. The molecule has 1 heterocycles. The number of terminal acetylenes is 1. The molecule has 0 fully saturated rings. The lowest BCUT2D eigenvalue weighted by Crippen LogP contribution is -2.29. The number of rotatable bonds is 9. The van der Waals surface area contributed by atoms with E-state index in [0.29, 0.717) is 0 Å². The Morgan fingerprint density at radius 2 is 2.45 bits per heavy atom. The smallest absolute Gasteiger partial charge is 0.274 e. The van der Waals surface area contributed by atoms with Gasteiger partial charge >= 0.3 is 0 Å². The molecule has 8 heteroatoms. The highest BCUT2D eigenvalue weighted by Gasteiger charge is 2.13. The van der Waals surface area contributed by atoms with Gasteiger partial charge in [0.15, 0.2) is 5.82 Å². The molecular weight excluding hydrogens is 302 g/mol. The first-order chi connectivity index (χ1) is 10.5. The Hall–Kier alpha value is -2.11. The standard InChI is InChI=1S/C14H21N5O2S/c1-5-7-15-13(9-19(20)21)16-11(3)14-17-12(10-22-14)8-18(4)6-2/h1,9-11,15-16H,6-8H2,2-4H3. The molecule has 0 radical (unpaired) electrons. The van der Waals surface area contributed by atoms with Gasteiger partial charge < -0.3 is 15.5 Å². The van der Waals surface area contributed by atoms with Crippen LogP contribution in [0.1, 0.15) is 30.6 Å². The Labute approximate surface area is 134 Å². The normalized spacial score (nSPS) is 12.8. The second-order valence-electron chi connectivity index (χ2n) is 4.76. The van der Waals surface area contributed by atoms with Gasteiger partial charge in [0, 0.05) is 11.9 Å². The lowest BCUT2D eigenvalue weighted by Gasteiger charge is -2.15. The summed E-state index contributed by atoms with van der Waals surface area (Å²) in [4.78, 5) is 16.8. The molecule has 1 rings (SSSR count). The highest BCUT2D eigenvalue weighted by atomic mass is 32.1. The van der Waals surface area contributed by atoms with E-state index in [1.807, 2.05) is 19.4 Å². The van der Waals surface area contributed by atoms with E-state index in [-0.39, 0.29) is 18.4 Å². The van der Waals surface area contributed by atoms with Crippen LogP contribution in [0.15, 0.2) is 17.4 Å². The van der Waals surface area contributed by atoms with Crippen LogP contribution in [-0.2, 0) is 6.54 Å². The van der Waals surface area contributed by atoms with Crippen molar-refractivity contribution in [1.29, 1.82) is 0 Å². The zero-order valence-corrected chi connectivity index (χ0v) is 13.8. The first-order valence-corrected chi connectivity index (χ1v) is 7.76. The van der Waals surface area contributed by atoms with Crippen molar-refractivity contribution in [2.24, 2.45) is 0 Å². The molecule has 1 atom stereocenters. The average molecular weight is 323 g/mol. The molecule has 22 heavy (non-hydrogen) atoms. The molecule has 0 saturated heterocycles. The predicted octanol–water partition coefficient (Wildman–Crippen LogP) is 1.54. The van der Waals surface area contributed by atoms with Crippen LogP contribution in [0.2, 0.25) is 0 Å². The summed E-state index contributed by atoms with van der Waals surface area (Å²) >= 11 is 1.53. The molecule has 1 aromatic heterocycles. The molecule has 0 aliphatic rings. The molecule has 0 aliphatic carbocycles. The minimum Gasteiger partial charge on any atom is -0.358 e. The summed E-state index contributed by atoms with van der Waals surface area (Å²) in [5, 5.41) is 19.3. The SMILES string of the molecule is C#CCNC(=C[N+](=O)[O-])NC(C)c1nc(CN(C)CC)cs1. The van der Waals surface area contributed by atoms with Crippen LogP contribution < -0.4 is 10.6 Å². The number of nitro groups is 1. The Morgan fingerprint density at radius 1 is 1.73 bits per heavy atom. The van der Waals surface area contributed by atoms with Crippen LogP contribution in [0.5, 0.6) is 0 Å². The van der Waals surface area contributed by atoms with Crippen LogP contribution in [0, 0.1) is 22.5 Å². The van der Waals surface area contributed by atoms with Crippen molar-refractivity contribution in [1.82, 2.24) is 20.5 Å². The number of aromatic nitrogens is 1. The summed E-state index contributed by atoms with van der Waals surface area (Å²) in [5.74, 6) is 2.66. The quantitative estimate of drug-likeness (QED) is 0.407. The van der Waals surface area contributed by atoms with E-state index in [1.54, 1.807) is 0 Å². The highest BCUT2D eigenvalue weighted by molar-refractivity contribution is 7.09. The largest absolute Gasteiger partial charge is 0.358 e.